The fourth-order valence-electron chi connectivity index (χ4n) is 3.19. The lowest BCUT2D eigenvalue weighted by molar-refractivity contribution is -0.712. The number of halogens is 3. The fourth-order valence-corrected chi connectivity index (χ4v) is 5.52. The molecule has 3 nitrogen and oxygen atoms in total. The summed E-state index contributed by atoms with van der Waals surface area (Å²) in [5.41, 5.74) is 0.736. The average molecular weight is 610 g/mol. The first-order valence-electron chi connectivity index (χ1n) is 6.74. The number of hydrogen-bond donors (Lipinski definition) is 1. The molecule has 0 spiro atoms. The maximum absolute atomic E-state index is 12.5. The van der Waals surface area contributed by atoms with Crippen LogP contribution in [0.1, 0.15) is 36.0 Å². The van der Waals surface area contributed by atoms with Gasteiger partial charge in [0.2, 0.25) is 0 Å². The Labute approximate surface area is 159 Å². The number of carbonyl (C=O) groups is 1. The molecule has 2 bridgehead atoms. The largest absolute Gasteiger partial charge is 0.458 e. The van der Waals surface area contributed by atoms with E-state index in [-0.39, 0.29) is 12.1 Å². The van der Waals surface area contributed by atoms with Crippen LogP contribution in [0.15, 0.2) is 12.1 Å². The Morgan fingerprint density at radius 1 is 1.10 bits per heavy atom. The van der Waals surface area contributed by atoms with Crippen LogP contribution in [0.2, 0.25) is 0 Å². The van der Waals surface area contributed by atoms with Gasteiger partial charge >= 0.3 is 5.97 Å². The number of piperidine rings is 1. The number of esters is 1. The maximum Gasteiger partial charge on any atom is 0.340 e. The Morgan fingerprint density at radius 2 is 1.70 bits per heavy atom. The van der Waals surface area contributed by atoms with Crippen molar-refractivity contribution < 1.29 is 14.8 Å². The first-order valence-corrected chi connectivity index (χ1v) is 9.97. The van der Waals surface area contributed by atoms with Crippen LogP contribution in [0.3, 0.4) is 0 Å². The van der Waals surface area contributed by atoms with Crippen molar-refractivity contribution in [3.63, 3.8) is 0 Å². The molecule has 0 aromatic heterocycles. The van der Waals surface area contributed by atoms with Crippen LogP contribution in [0, 0.1) is 10.7 Å². The summed E-state index contributed by atoms with van der Waals surface area (Å²) in [7, 11) is 0. The van der Waals surface area contributed by atoms with E-state index in [0.29, 0.717) is 12.1 Å². The van der Waals surface area contributed by atoms with Crippen molar-refractivity contribution in [1.29, 1.82) is 0 Å². The van der Waals surface area contributed by atoms with Gasteiger partial charge in [-0.05, 0) is 79.9 Å². The number of carbonyl (C=O) groups excluding carboxylic acids is 1. The zero-order valence-electron chi connectivity index (χ0n) is 10.7. The van der Waals surface area contributed by atoms with E-state index in [2.05, 4.69) is 73.1 Å². The summed E-state index contributed by atoms with van der Waals surface area (Å²) in [5, 5.41) is 2.46. The molecule has 1 aromatic carbocycles. The summed E-state index contributed by atoms with van der Waals surface area (Å²) < 4.78 is 8.89. The Balaban J connectivity index is 1.75. The van der Waals surface area contributed by atoms with Crippen LogP contribution in [0.25, 0.3) is 0 Å². The molecule has 2 fully saturated rings. The summed E-state index contributed by atoms with van der Waals surface area (Å²) in [6.07, 6.45) is 4.68. The number of nitrogens with two attached hydrogens (primary N) is 1. The van der Waals surface area contributed by atoms with E-state index in [1.54, 1.807) is 0 Å². The van der Waals surface area contributed by atoms with Crippen LogP contribution < -0.4 is 5.32 Å². The summed E-state index contributed by atoms with van der Waals surface area (Å²) in [6, 6.07) is 5.36. The van der Waals surface area contributed by atoms with Crippen molar-refractivity contribution in [1.82, 2.24) is 0 Å². The molecular weight excluding hydrogens is 595 g/mol. The normalized spacial score (nSPS) is 28.4. The number of benzene rings is 1. The van der Waals surface area contributed by atoms with Crippen LogP contribution in [-0.2, 0) is 4.74 Å². The molecule has 0 amide bonds. The lowest BCUT2D eigenvalue weighted by Gasteiger charge is -2.26. The SMILES string of the molecule is O=C(OC1CC2CCC(C1)[NH2+]2)c1c(I)ccc(I)c1I. The van der Waals surface area contributed by atoms with E-state index < -0.39 is 0 Å². The second-order valence-corrected chi connectivity index (χ2v) is 8.91. The fraction of sp³-hybridized carbons (Fsp3) is 0.500. The van der Waals surface area contributed by atoms with Crippen LogP contribution >= 0.6 is 67.8 Å². The lowest BCUT2D eigenvalue weighted by atomic mass is 10.0. The Kier molecular flexibility index (Phi) is 5.13. The highest BCUT2D eigenvalue weighted by Gasteiger charge is 2.39. The van der Waals surface area contributed by atoms with Crippen molar-refractivity contribution in [2.24, 2.45) is 0 Å². The van der Waals surface area contributed by atoms with E-state index in [9.17, 15) is 4.79 Å². The average Bonchev–Trinajstić information content (AvgIpc) is 2.74. The summed E-state index contributed by atoms with van der Waals surface area (Å²) in [5.74, 6) is -0.149. The van der Waals surface area contributed by atoms with Crippen LogP contribution in [0.4, 0.5) is 0 Å². The van der Waals surface area contributed by atoms with Crippen molar-refractivity contribution in [2.45, 2.75) is 43.9 Å². The minimum absolute atomic E-state index is 0.106. The minimum atomic E-state index is -0.149. The molecule has 0 aliphatic carbocycles. The topological polar surface area (TPSA) is 42.9 Å². The van der Waals surface area contributed by atoms with Gasteiger partial charge in [-0.25, -0.2) is 4.79 Å². The molecule has 3 rings (SSSR count). The minimum Gasteiger partial charge on any atom is -0.458 e. The summed E-state index contributed by atoms with van der Waals surface area (Å²) >= 11 is 6.72. The molecule has 6 heteroatoms. The predicted molar refractivity (Wildman–Crippen MR) is 102 cm³/mol. The molecule has 2 heterocycles. The van der Waals surface area contributed by atoms with Gasteiger partial charge in [-0.2, -0.15) is 0 Å². The van der Waals surface area contributed by atoms with Gasteiger partial charge in [0.15, 0.2) is 0 Å². The molecule has 1 aromatic rings. The van der Waals surface area contributed by atoms with Crippen molar-refractivity contribution >= 4 is 73.7 Å². The van der Waals surface area contributed by atoms with Crippen LogP contribution in [-0.4, -0.2) is 24.2 Å². The number of quaternary nitrogens is 1. The predicted octanol–water partition coefficient (Wildman–Crippen LogP) is 2.91. The molecule has 2 aliphatic heterocycles. The molecular formula is C14H15I3NO2+. The molecule has 0 saturated carbocycles. The second-order valence-electron chi connectivity index (χ2n) is 5.51. The zero-order valence-corrected chi connectivity index (χ0v) is 17.2. The number of hydrogen-bond acceptors (Lipinski definition) is 2. The van der Waals surface area contributed by atoms with E-state index in [0.717, 1.165) is 29.1 Å². The van der Waals surface area contributed by atoms with Crippen molar-refractivity contribution in [3.05, 3.63) is 28.4 Å². The van der Waals surface area contributed by atoms with Crippen molar-refractivity contribution in [2.75, 3.05) is 0 Å². The van der Waals surface area contributed by atoms with E-state index in [1.807, 2.05) is 12.1 Å². The molecule has 2 atom stereocenters. The third-order valence-electron chi connectivity index (χ3n) is 4.11. The third kappa shape index (κ3) is 3.27. The van der Waals surface area contributed by atoms with E-state index in [4.69, 9.17) is 4.74 Å². The van der Waals surface area contributed by atoms with Crippen LogP contribution in [0.5, 0.6) is 0 Å². The Hall–Kier alpha value is 0.840. The highest BCUT2D eigenvalue weighted by molar-refractivity contribution is 14.1. The monoisotopic (exact) mass is 610 g/mol. The van der Waals surface area contributed by atoms with Gasteiger partial charge in [-0.3, -0.25) is 0 Å². The zero-order chi connectivity index (χ0) is 14.3. The highest BCUT2D eigenvalue weighted by Crippen LogP contribution is 2.28. The van der Waals surface area contributed by atoms with Crippen molar-refractivity contribution in [3.8, 4) is 0 Å². The summed E-state index contributed by atoms with van der Waals surface area (Å²) in [6.45, 7) is 0. The van der Waals surface area contributed by atoms with E-state index in [1.165, 1.54) is 12.8 Å². The van der Waals surface area contributed by atoms with Gasteiger partial charge in [0.05, 0.1) is 17.6 Å². The van der Waals surface area contributed by atoms with Gasteiger partial charge in [-0.1, -0.05) is 0 Å². The Morgan fingerprint density at radius 3 is 2.35 bits per heavy atom. The maximum atomic E-state index is 12.5. The molecule has 2 saturated heterocycles. The third-order valence-corrected chi connectivity index (χ3v) is 8.06. The molecule has 2 N–H and O–H groups in total. The standard InChI is InChI=1S/C14H14I3NO2/c15-10-3-4-11(16)13(17)12(10)14(19)20-9-5-7-1-2-8(6-9)18-7/h3-4,7-9,18H,1-2,5-6H2/p+1. The second kappa shape index (κ2) is 6.53. The summed E-state index contributed by atoms with van der Waals surface area (Å²) in [4.78, 5) is 12.5. The van der Waals surface area contributed by atoms with Gasteiger partial charge < -0.3 is 10.1 Å². The first kappa shape index (κ1) is 15.7. The molecule has 2 aliphatic rings. The number of fused-ring (bicyclic) bond motifs is 2. The molecule has 0 radical (unpaired) electrons. The first-order chi connectivity index (χ1) is 9.54. The number of rotatable bonds is 2. The van der Waals surface area contributed by atoms with Gasteiger partial charge in [0.25, 0.3) is 0 Å². The smallest absolute Gasteiger partial charge is 0.340 e. The van der Waals surface area contributed by atoms with Gasteiger partial charge in [-0.15, -0.1) is 0 Å². The molecule has 20 heavy (non-hydrogen) atoms. The quantitative estimate of drug-likeness (QED) is 0.319. The van der Waals surface area contributed by atoms with E-state index >= 15 is 0 Å². The molecule has 2 unspecified atom stereocenters. The van der Waals surface area contributed by atoms with Gasteiger partial charge in [0, 0.05) is 36.4 Å². The van der Waals surface area contributed by atoms with Gasteiger partial charge in [0.1, 0.15) is 6.10 Å². The number of ether oxygens (including phenoxy) is 1. The Bertz CT molecular complexity index is 537. The molecule has 108 valence electrons. The highest BCUT2D eigenvalue weighted by atomic mass is 127. The lowest BCUT2D eigenvalue weighted by Crippen LogP contribution is -2.93.